The van der Waals surface area contributed by atoms with Crippen LogP contribution in [-0.4, -0.2) is 18.6 Å². The first-order valence-corrected chi connectivity index (χ1v) is 7.49. The number of hydrogen-bond acceptors (Lipinski definition) is 3. The second-order valence-electron chi connectivity index (χ2n) is 4.76. The van der Waals surface area contributed by atoms with Crippen LogP contribution in [-0.2, 0) is 9.53 Å². The summed E-state index contributed by atoms with van der Waals surface area (Å²) in [5, 5.41) is 5.68. The molecule has 1 atom stereocenters. The lowest BCUT2D eigenvalue weighted by Gasteiger charge is -2.15. The number of nitrogens with one attached hydrogen (secondary N) is 1. The normalized spacial score (nSPS) is 12.2. The van der Waals surface area contributed by atoms with Crippen LogP contribution < -0.4 is 5.32 Å². The highest BCUT2D eigenvalue weighted by atomic mass is 79.9. The van der Waals surface area contributed by atoms with Gasteiger partial charge in [0.2, 0.25) is 0 Å². The molecule has 2 aromatic carbocycles. The van der Waals surface area contributed by atoms with Crippen LogP contribution in [0.1, 0.15) is 20.3 Å². The number of halogens is 1. The monoisotopic (exact) mass is 335 g/mol. The maximum atomic E-state index is 11.4. The highest BCUT2D eigenvalue weighted by Crippen LogP contribution is 2.23. The standard InChI is InChI=1S/C16H18BrNO2/c1-3-20-16(19)8-11(2)18-15-7-5-12-9-14(17)6-4-13(12)10-15/h4-7,9-11,18H,3,8H2,1-2H3. The third-order valence-electron chi connectivity index (χ3n) is 2.99. The van der Waals surface area contributed by atoms with E-state index in [9.17, 15) is 4.79 Å². The summed E-state index contributed by atoms with van der Waals surface area (Å²) >= 11 is 3.47. The van der Waals surface area contributed by atoms with Gasteiger partial charge >= 0.3 is 5.97 Å². The van der Waals surface area contributed by atoms with Crippen LogP contribution in [0.25, 0.3) is 10.8 Å². The van der Waals surface area contributed by atoms with Crippen molar-refractivity contribution in [2.75, 3.05) is 11.9 Å². The Hall–Kier alpha value is -1.55. The second-order valence-corrected chi connectivity index (χ2v) is 5.68. The van der Waals surface area contributed by atoms with Gasteiger partial charge in [-0.2, -0.15) is 0 Å². The van der Waals surface area contributed by atoms with Gasteiger partial charge < -0.3 is 10.1 Å². The molecule has 0 heterocycles. The van der Waals surface area contributed by atoms with E-state index >= 15 is 0 Å². The maximum Gasteiger partial charge on any atom is 0.307 e. The number of rotatable bonds is 5. The average Bonchev–Trinajstić information content (AvgIpc) is 2.39. The van der Waals surface area contributed by atoms with Crippen molar-refractivity contribution in [3.63, 3.8) is 0 Å². The first kappa shape index (κ1) is 14.9. The van der Waals surface area contributed by atoms with Gasteiger partial charge in [-0.25, -0.2) is 0 Å². The van der Waals surface area contributed by atoms with Gasteiger partial charge in [-0.1, -0.05) is 28.1 Å². The molecule has 3 nitrogen and oxygen atoms in total. The van der Waals surface area contributed by atoms with Crippen molar-refractivity contribution in [3.8, 4) is 0 Å². The number of ether oxygens (including phenoxy) is 1. The molecule has 0 aliphatic heterocycles. The Morgan fingerprint density at radius 3 is 2.70 bits per heavy atom. The predicted octanol–water partition coefficient (Wildman–Crippen LogP) is 4.36. The van der Waals surface area contributed by atoms with E-state index < -0.39 is 0 Å². The third-order valence-corrected chi connectivity index (χ3v) is 3.49. The van der Waals surface area contributed by atoms with Gasteiger partial charge in [0, 0.05) is 16.2 Å². The Morgan fingerprint density at radius 1 is 1.25 bits per heavy atom. The quantitative estimate of drug-likeness (QED) is 0.825. The average molecular weight is 336 g/mol. The molecule has 0 spiro atoms. The van der Waals surface area contributed by atoms with Crippen molar-refractivity contribution in [2.45, 2.75) is 26.3 Å². The van der Waals surface area contributed by atoms with Crippen molar-refractivity contribution in [2.24, 2.45) is 0 Å². The number of anilines is 1. The van der Waals surface area contributed by atoms with E-state index in [1.807, 2.05) is 26.0 Å². The summed E-state index contributed by atoms with van der Waals surface area (Å²) in [6.45, 7) is 4.22. The number of esters is 1. The van der Waals surface area contributed by atoms with Gasteiger partial charge in [0.15, 0.2) is 0 Å². The van der Waals surface area contributed by atoms with Crippen molar-refractivity contribution in [1.82, 2.24) is 0 Å². The Kier molecular flexibility index (Phi) is 5.01. The summed E-state index contributed by atoms with van der Waals surface area (Å²) in [4.78, 5) is 11.4. The SMILES string of the molecule is CCOC(=O)CC(C)Nc1ccc2cc(Br)ccc2c1. The first-order chi connectivity index (χ1) is 9.58. The zero-order valence-corrected chi connectivity index (χ0v) is 13.2. The molecule has 20 heavy (non-hydrogen) atoms. The number of hydrogen-bond donors (Lipinski definition) is 1. The third kappa shape index (κ3) is 3.97. The van der Waals surface area contributed by atoms with Crippen LogP contribution in [0.2, 0.25) is 0 Å². The van der Waals surface area contributed by atoms with Crippen molar-refractivity contribution >= 4 is 38.4 Å². The molecule has 4 heteroatoms. The molecule has 0 fully saturated rings. The van der Waals surface area contributed by atoms with E-state index in [-0.39, 0.29) is 12.0 Å². The first-order valence-electron chi connectivity index (χ1n) is 6.70. The van der Waals surface area contributed by atoms with E-state index in [1.165, 1.54) is 10.8 Å². The van der Waals surface area contributed by atoms with Crippen LogP contribution in [0.3, 0.4) is 0 Å². The van der Waals surface area contributed by atoms with Gasteiger partial charge in [-0.3, -0.25) is 4.79 Å². The fourth-order valence-electron chi connectivity index (χ4n) is 2.11. The van der Waals surface area contributed by atoms with Gasteiger partial charge in [0.25, 0.3) is 0 Å². The van der Waals surface area contributed by atoms with Crippen molar-refractivity contribution < 1.29 is 9.53 Å². The van der Waals surface area contributed by atoms with Crippen LogP contribution in [0.15, 0.2) is 40.9 Å². The van der Waals surface area contributed by atoms with Gasteiger partial charge in [0.05, 0.1) is 13.0 Å². The molecular formula is C16H18BrNO2. The van der Waals surface area contributed by atoms with Gasteiger partial charge in [-0.05, 0) is 48.9 Å². The van der Waals surface area contributed by atoms with Gasteiger partial charge in [0.1, 0.15) is 0 Å². The van der Waals surface area contributed by atoms with E-state index in [0.717, 1.165) is 10.2 Å². The molecule has 0 aliphatic carbocycles. The second kappa shape index (κ2) is 6.75. The predicted molar refractivity (Wildman–Crippen MR) is 86.0 cm³/mol. The highest BCUT2D eigenvalue weighted by molar-refractivity contribution is 9.10. The summed E-state index contributed by atoms with van der Waals surface area (Å²) in [6.07, 6.45) is 0.367. The Balaban J connectivity index is 2.06. The van der Waals surface area contributed by atoms with E-state index in [2.05, 4.69) is 45.5 Å². The fraction of sp³-hybridized carbons (Fsp3) is 0.312. The summed E-state index contributed by atoms with van der Waals surface area (Å²) in [6, 6.07) is 12.4. The minimum Gasteiger partial charge on any atom is -0.466 e. The minimum absolute atomic E-state index is 0.0435. The Labute approximate surface area is 127 Å². The topological polar surface area (TPSA) is 38.3 Å². The lowest BCUT2D eigenvalue weighted by atomic mass is 10.1. The number of benzene rings is 2. The minimum atomic E-state index is -0.169. The molecule has 0 amide bonds. The van der Waals surface area contributed by atoms with E-state index in [1.54, 1.807) is 0 Å². The van der Waals surface area contributed by atoms with Crippen LogP contribution in [0.5, 0.6) is 0 Å². The molecule has 0 radical (unpaired) electrons. The zero-order chi connectivity index (χ0) is 14.5. The molecule has 0 aromatic heterocycles. The summed E-state index contributed by atoms with van der Waals surface area (Å²) in [5.74, 6) is -0.169. The fourth-order valence-corrected chi connectivity index (χ4v) is 2.49. The Morgan fingerprint density at radius 2 is 1.95 bits per heavy atom. The lowest BCUT2D eigenvalue weighted by Crippen LogP contribution is -2.20. The smallest absolute Gasteiger partial charge is 0.307 e. The molecule has 0 saturated heterocycles. The molecule has 2 rings (SSSR count). The zero-order valence-electron chi connectivity index (χ0n) is 11.7. The maximum absolute atomic E-state index is 11.4. The summed E-state index contributed by atoms with van der Waals surface area (Å²) in [7, 11) is 0. The van der Waals surface area contributed by atoms with E-state index in [4.69, 9.17) is 4.74 Å². The molecule has 0 bridgehead atoms. The molecule has 1 N–H and O–H groups in total. The van der Waals surface area contributed by atoms with Crippen molar-refractivity contribution in [3.05, 3.63) is 40.9 Å². The van der Waals surface area contributed by atoms with Gasteiger partial charge in [-0.15, -0.1) is 0 Å². The number of carbonyl (C=O) groups excluding carboxylic acids is 1. The number of fused-ring (bicyclic) bond motifs is 1. The molecule has 1 unspecified atom stereocenters. The summed E-state index contributed by atoms with van der Waals surface area (Å²) < 4.78 is 6.02. The molecule has 106 valence electrons. The lowest BCUT2D eigenvalue weighted by molar-refractivity contribution is -0.143. The molecular weight excluding hydrogens is 318 g/mol. The largest absolute Gasteiger partial charge is 0.466 e. The Bertz CT molecular complexity index is 612. The molecule has 0 saturated carbocycles. The number of carbonyl (C=O) groups is 1. The van der Waals surface area contributed by atoms with Crippen LogP contribution in [0.4, 0.5) is 5.69 Å². The molecule has 0 aliphatic rings. The van der Waals surface area contributed by atoms with Crippen LogP contribution in [0, 0.1) is 0 Å². The molecule has 2 aromatic rings. The van der Waals surface area contributed by atoms with Crippen molar-refractivity contribution in [1.29, 1.82) is 0 Å². The van der Waals surface area contributed by atoms with Crippen LogP contribution >= 0.6 is 15.9 Å². The highest BCUT2D eigenvalue weighted by Gasteiger charge is 2.09. The summed E-state index contributed by atoms with van der Waals surface area (Å²) in [5.41, 5.74) is 1.01. The van der Waals surface area contributed by atoms with E-state index in [0.29, 0.717) is 13.0 Å².